The number of furan rings is 1. The molecule has 0 radical (unpaired) electrons. The number of methoxy groups -OCH3 is 1. The van der Waals surface area contributed by atoms with Gasteiger partial charge in [0, 0.05) is 0 Å². The number of hydrogen-bond donors (Lipinski definition) is 0. The second-order valence-electron chi connectivity index (χ2n) is 2.20. The van der Waals surface area contributed by atoms with Crippen molar-refractivity contribution in [2.45, 2.75) is 6.42 Å². The summed E-state index contributed by atoms with van der Waals surface area (Å²) < 4.78 is 9.46. The molecule has 0 aromatic carbocycles. The molecule has 0 fully saturated rings. The fourth-order valence-electron chi connectivity index (χ4n) is 0.741. The molecule has 1 rings (SSSR count). The van der Waals surface area contributed by atoms with E-state index in [-0.39, 0.29) is 12.4 Å². The normalized spacial score (nSPS) is 10.4. The zero-order valence-electron chi connectivity index (χ0n) is 6.82. The van der Waals surface area contributed by atoms with Crippen LogP contribution in [0.5, 0.6) is 0 Å². The van der Waals surface area contributed by atoms with E-state index in [0.717, 1.165) is 5.76 Å². The molecule has 1 aromatic rings. The van der Waals surface area contributed by atoms with Crippen molar-refractivity contribution in [1.82, 2.24) is 0 Å². The first-order chi connectivity index (χ1) is 5.83. The van der Waals surface area contributed by atoms with Crippen molar-refractivity contribution in [2.75, 3.05) is 7.11 Å². The molecule has 1 aromatic heterocycles. The van der Waals surface area contributed by atoms with E-state index in [2.05, 4.69) is 4.74 Å². The summed E-state index contributed by atoms with van der Waals surface area (Å²) in [6.45, 7) is 0. The summed E-state index contributed by atoms with van der Waals surface area (Å²) in [7, 11) is 1.36. The highest BCUT2D eigenvalue weighted by atomic mass is 16.5. The molecule has 0 saturated carbocycles. The first kappa shape index (κ1) is 8.59. The third-order valence-electron chi connectivity index (χ3n) is 1.34. The van der Waals surface area contributed by atoms with Crippen LogP contribution in [0.4, 0.5) is 0 Å². The zero-order valence-corrected chi connectivity index (χ0v) is 6.82. The summed E-state index contributed by atoms with van der Waals surface area (Å²) in [6.07, 6.45) is 5.29. The topological polar surface area (TPSA) is 39.4 Å². The number of carbonyl (C=O) groups is 1. The predicted molar refractivity (Wildman–Crippen MR) is 44.4 cm³/mol. The molecule has 12 heavy (non-hydrogen) atoms. The molecule has 0 aliphatic carbocycles. The third kappa shape index (κ3) is 2.62. The maximum Gasteiger partial charge on any atom is 0.309 e. The van der Waals surface area contributed by atoms with Gasteiger partial charge in [-0.25, -0.2) is 0 Å². The molecule has 0 spiro atoms. The Hall–Kier alpha value is -1.51. The molecule has 64 valence electrons. The Morgan fingerprint density at radius 3 is 3.17 bits per heavy atom. The van der Waals surface area contributed by atoms with Crippen molar-refractivity contribution in [3.63, 3.8) is 0 Å². The molecule has 3 heteroatoms. The molecule has 0 amide bonds. The molecule has 1 heterocycles. The van der Waals surface area contributed by atoms with Crippen LogP contribution in [0.3, 0.4) is 0 Å². The molecule has 0 aliphatic rings. The number of rotatable bonds is 3. The summed E-state index contributed by atoms with van der Waals surface area (Å²) >= 11 is 0. The van der Waals surface area contributed by atoms with Crippen molar-refractivity contribution in [3.8, 4) is 0 Å². The molecular weight excluding hydrogens is 156 g/mol. The van der Waals surface area contributed by atoms with Crippen molar-refractivity contribution >= 4 is 12.0 Å². The quantitative estimate of drug-likeness (QED) is 0.643. The molecule has 0 bridgehead atoms. The maximum absolute atomic E-state index is 10.6. The molecule has 0 N–H and O–H groups in total. The van der Waals surface area contributed by atoms with Crippen LogP contribution in [0.25, 0.3) is 6.08 Å². The van der Waals surface area contributed by atoms with Crippen LogP contribution in [0.1, 0.15) is 12.2 Å². The smallest absolute Gasteiger partial charge is 0.309 e. The van der Waals surface area contributed by atoms with Gasteiger partial charge < -0.3 is 9.15 Å². The Labute approximate surface area is 70.6 Å². The minimum Gasteiger partial charge on any atom is -0.469 e. The SMILES string of the molecule is COC(=O)CC=Cc1ccco1. The minimum atomic E-state index is -0.252. The minimum absolute atomic E-state index is 0.252. The molecule has 3 nitrogen and oxygen atoms in total. The van der Waals surface area contributed by atoms with Crippen LogP contribution < -0.4 is 0 Å². The monoisotopic (exact) mass is 166 g/mol. The number of carbonyl (C=O) groups excluding carboxylic acids is 1. The Bertz CT molecular complexity index is 259. The van der Waals surface area contributed by atoms with Gasteiger partial charge in [-0.15, -0.1) is 0 Å². The van der Waals surface area contributed by atoms with Gasteiger partial charge in [-0.3, -0.25) is 4.79 Å². The highest BCUT2D eigenvalue weighted by Gasteiger charge is 1.94. The lowest BCUT2D eigenvalue weighted by Crippen LogP contribution is -1.96. The third-order valence-corrected chi connectivity index (χ3v) is 1.34. The zero-order chi connectivity index (χ0) is 8.81. The molecule has 0 saturated heterocycles. The fourth-order valence-corrected chi connectivity index (χ4v) is 0.741. The summed E-state index contributed by atoms with van der Waals surface area (Å²) in [6, 6.07) is 3.60. The summed E-state index contributed by atoms with van der Waals surface area (Å²) in [5.41, 5.74) is 0. The Balaban J connectivity index is 2.37. The van der Waals surface area contributed by atoms with E-state index < -0.39 is 0 Å². The maximum atomic E-state index is 10.6. The van der Waals surface area contributed by atoms with Gasteiger partial charge >= 0.3 is 5.97 Å². The lowest BCUT2D eigenvalue weighted by molar-refractivity contribution is -0.139. The van der Waals surface area contributed by atoms with E-state index >= 15 is 0 Å². The van der Waals surface area contributed by atoms with Crippen molar-refractivity contribution in [1.29, 1.82) is 0 Å². The molecule has 0 unspecified atom stereocenters. The summed E-state index contributed by atoms with van der Waals surface area (Å²) in [5, 5.41) is 0. The van der Waals surface area contributed by atoms with Crippen LogP contribution >= 0.6 is 0 Å². The summed E-state index contributed by atoms with van der Waals surface area (Å²) in [5.74, 6) is 0.483. The number of esters is 1. The highest BCUT2D eigenvalue weighted by Crippen LogP contribution is 2.02. The van der Waals surface area contributed by atoms with E-state index in [1.165, 1.54) is 7.11 Å². The highest BCUT2D eigenvalue weighted by molar-refractivity contribution is 5.72. The largest absolute Gasteiger partial charge is 0.469 e. The van der Waals surface area contributed by atoms with E-state index in [1.807, 2.05) is 6.07 Å². The van der Waals surface area contributed by atoms with Crippen LogP contribution in [-0.4, -0.2) is 13.1 Å². The lowest BCUT2D eigenvalue weighted by Gasteiger charge is -1.90. The average Bonchev–Trinajstić information content (AvgIpc) is 2.57. The van der Waals surface area contributed by atoms with Crippen LogP contribution in [0.15, 0.2) is 28.9 Å². The van der Waals surface area contributed by atoms with Crippen molar-refractivity contribution in [2.24, 2.45) is 0 Å². The Morgan fingerprint density at radius 2 is 2.58 bits per heavy atom. The van der Waals surface area contributed by atoms with E-state index in [1.54, 1.807) is 24.5 Å². The first-order valence-electron chi connectivity index (χ1n) is 3.60. The van der Waals surface area contributed by atoms with Crippen molar-refractivity contribution < 1.29 is 13.9 Å². The Kier molecular flexibility index (Phi) is 3.14. The van der Waals surface area contributed by atoms with Crippen LogP contribution in [0, 0.1) is 0 Å². The molecule has 0 atom stereocenters. The van der Waals surface area contributed by atoms with Gasteiger partial charge in [-0.05, 0) is 18.2 Å². The van der Waals surface area contributed by atoms with Gasteiger partial charge in [0.15, 0.2) is 0 Å². The van der Waals surface area contributed by atoms with Gasteiger partial charge in [0.25, 0.3) is 0 Å². The van der Waals surface area contributed by atoms with E-state index in [0.29, 0.717) is 0 Å². The predicted octanol–water partition coefficient (Wildman–Crippen LogP) is 1.86. The second kappa shape index (κ2) is 4.38. The van der Waals surface area contributed by atoms with E-state index in [4.69, 9.17) is 4.42 Å². The number of hydrogen-bond acceptors (Lipinski definition) is 3. The van der Waals surface area contributed by atoms with Gasteiger partial charge in [0.2, 0.25) is 0 Å². The van der Waals surface area contributed by atoms with E-state index in [9.17, 15) is 4.79 Å². The van der Waals surface area contributed by atoms with Gasteiger partial charge in [0.05, 0.1) is 19.8 Å². The van der Waals surface area contributed by atoms with Gasteiger partial charge in [-0.2, -0.15) is 0 Å². The second-order valence-corrected chi connectivity index (χ2v) is 2.20. The van der Waals surface area contributed by atoms with Crippen molar-refractivity contribution in [3.05, 3.63) is 30.2 Å². The molecular formula is C9H10O3. The van der Waals surface area contributed by atoms with Gasteiger partial charge in [-0.1, -0.05) is 6.08 Å². The first-order valence-corrected chi connectivity index (χ1v) is 3.60. The lowest BCUT2D eigenvalue weighted by atomic mass is 10.3. The molecule has 0 aliphatic heterocycles. The van der Waals surface area contributed by atoms with Crippen LogP contribution in [-0.2, 0) is 9.53 Å². The Morgan fingerprint density at radius 1 is 1.75 bits per heavy atom. The van der Waals surface area contributed by atoms with Gasteiger partial charge in [0.1, 0.15) is 5.76 Å². The standard InChI is InChI=1S/C9H10O3/c1-11-9(10)6-2-4-8-5-3-7-12-8/h2-5,7H,6H2,1H3. The average molecular weight is 166 g/mol. The van der Waals surface area contributed by atoms with Crippen LogP contribution in [0.2, 0.25) is 0 Å². The number of ether oxygens (including phenoxy) is 1. The fraction of sp³-hybridized carbons (Fsp3) is 0.222. The summed E-state index contributed by atoms with van der Waals surface area (Å²) in [4.78, 5) is 10.6.